The third kappa shape index (κ3) is 4.73. The van der Waals surface area contributed by atoms with Gasteiger partial charge in [-0.05, 0) is 44.3 Å². The molecular weight excluding hydrogens is 402 g/mol. The number of nitrogens with zero attached hydrogens (tertiary/aromatic N) is 4. The van der Waals surface area contributed by atoms with E-state index in [1.807, 2.05) is 63.6 Å². The van der Waals surface area contributed by atoms with E-state index in [1.165, 1.54) is 5.56 Å². The lowest BCUT2D eigenvalue weighted by molar-refractivity contribution is 0.0744. The number of piperazine rings is 1. The lowest BCUT2D eigenvalue weighted by Gasteiger charge is -2.35. The van der Waals surface area contributed by atoms with E-state index in [-0.39, 0.29) is 17.0 Å². The number of benzene rings is 1. The highest BCUT2D eigenvalue weighted by atomic mass is 16.2. The van der Waals surface area contributed by atoms with Crippen molar-refractivity contribution in [3.63, 3.8) is 0 Å². The zero-order valence-corrected chi connectivity index (χ0v) is 18.8. The Balaban J connectivity index is 1.46. The quantitative estimate of drug-likeness (QED) is 0.673. The van der Waals surface area contributed by atoms with Gasteiger partial charge in [-0.1, -0.05) is 36.4 Å². The van der Waals surface area contributed by atoms with Crippen LogP contribution in [0.15, 0.2) is 59.5 Å². The van der Waals surface area contributed by atoms with Gasteiger partial charge >= 0.3 is 0 Å². The molecule has 1 aliphatic heterocycles. The van der Waals surface area contributed by atoms with Crippen molar-refractivity contribution in [2.45, 2.75) is 13.5 Å². The number of aryl methyl sites for hydroxylation is 1. The van der Waals surface area contributed by atoms with Crippen LogP contribution in [-0.2, 0) is 6.54 Å². The molecule has 0 saturated carbocycles. The molecule has 0 aliphatic carbocycles. The topological polar surface area (TPSA) is 72.5 Å². The Hall–Kier alpha value is -3.45. The van der Waals surface area contributed by atoms with Crippen molar-refractivity contribution >= 4 is 11.7 Å². The number of carbonyl (C=O) groups excluding carboxylic acids is 1. The molecule has 0 unspecified atom stereocenters. The van der Waals surface area contributed by atoms with Gasteiger partial charge in [-0.3, -0.25) is 9.59 Å². The summed E-state index contributed by atoms with van der Waals surface area (Å²) in [7, 11) is 4.07. The van der Waals surface area contributed by atoms with E-state index in [2.05, 4.69) is 25.8 Å². The summed E-state index contributed by atoms with van der Waals surface area (Å²) in [6.07, 6.45) is 1.91. The summed E-state index contributed by atoms with van der Waals surface area (Å²) in [5, 5.41) is 0. The number of amides is 1. The van der Waals surface area contributed by atoms with E-state index in [1.54, 1.807) is 11.0 Å². The number of anilines is 1. The van der Waals surface area contributed by atoms with Crippen molar-refractivity contribution in [3.8, 4) is 11.1 Å². The van der Waals surface area contributed by atoms with Crippen LogP contribution in [0, 0.1) is 6.92 Å². The van der Waals surface area contributed by atoms with E-state index in [0.717, 1.165) is 29.2 Å². The van der Waals surface area contributed by atoms with Crippen LogP contribution in [0.1, 0.15) is 21.6 Å². The predicted molar refractivity (Wildman–Crippen MR) is 127 cm³/mol. The molecule has 32 heavy (non-hydrogen) atoms. The molecule has 0 bridgehead atoms. The number of hydrogen-bond acceptors (Lipinski definition) is 5. The summed E-state index contributed by atoms with van der Waals surface area (Å²) in [5.41, 5.74) is 3.62. The van der Waals surface area contributed by atoms with Gasteiger partial charge in [0, 0.05) is 50.2 Å². The molecular formula is C25H29N5O2. The Labute approximate surface area is 188 Å². The number of rotatable bonds is 5. The molecule has 0 spiro atoms. The predicted octanol–water partition coefficient (Wildman–Crippen LogP) is 2.77. The number of carbonyl (C=O) groups is 1. The van der Waals surface area contributed by atoms with Crippen LogP contribution in [-0.4, -0.2) is 65.9 Å². The lowest BCUT2D eigenvalue weighted by atomic mass is 10.0. The van der Waals surface area contributed by atoms with Crippen LogP contribution < -0.4 is 10.5 Å². The maximum Gasteiger partial charge on any atom is 0.261 e. The van der Waals surface area contributed by atoms with Gasteiger partial charge in [0.15, 0.2) is 0 Å². The summed E-state index contributed by atoms with van der Waals surface area (Å²) < 4.78 is 0. The smallest absolute Gasteiger partial charge is 0.261 e. The Bertz CT molecular complexity index is 1130. The number of hydrogen-bond donors (Lipinski definition) is 1. The third-order valence-electron chi connectivity index (χ3n) is 5.75. The number of aromatic amines is 1. The van der Waals surface area contributed by atoms with Crippen LogP contribution >= 0.6 is 0 Å². The molecule has 7 nitrogen and oxygen atoms in total. The molecule has 1 aromatic carbocycles. The number of H-pyrrole nitrogens is 1. The van der Waals surface area contributed by atoms with Crippen molar-refractivity contribution in [2.75, 3.05) is 45.2 Å². The molecule has 4 rings (SSSR count). The van der Waals surface area contributed by atoms with Gasteiger partial charge in [0.1, 0.15) is 11.4 Å². The summed E-state index contributed by atoms with van der Waals surface area (Å²) in [4.78, 5) is 39.2. The van der Waals surface area contributed by atoms with Gasteiger partial charge in [-0.15, -0.1) is 0 Å². The van der Waals surface area contributed by atoms with Gasteiger partial charge in [0.25, 0.3) is 11.5 Å². The lowest BCUT2D eigenvalue weighted by Crippen LogP contribution is -2.49. The van der Waals surface area contributed by atoms with E-state index in [0.29, 0.717) is 26.2 Å². The number of pyridine rings is 2. The molecule has 0 radical (unpaired) electrons. The second kappa shape index (κ2) is 9.36. The minimum atomic E-state index is -0.340. The first-order chi connectivity index (χ1) is 15.4. The van der Waals surface area contributed by atoms with E-state index in [9.17, 15) is 9.59 Å². The average Bonchev–Trinajstić information content (AvgIpc) is 2.80. The standard InChI is InChI=1S/C25H29N5O2/c1-18-21(20-7-5-4-6-8-20)15-22(24(31)27-18)25(32)30-13-11-29(12-14-30)23-10-9-19(16-26-23)17-28(2)3/h4-10,15-16H,11-14,17H2,1-3H3,(H,27,31). The van der Waals surface area contributed by atoms with Crippen molar-refractivity contribution in [2.24, 2.45) is 0 Å². The molecule has 3 heterocycles. The summed E-state index contributed by atoms with van der Waals surface area (Å²) in [5.74, 6) is 0.691. The second-order valence-corrected chi connectivity index (χ2v) is 8.46. The van der Waals surface area contributed by atoms with E-state index >= 15 is 0 Å². The van der Waals surface area contributed by atoms with E-state index < -0.39 is 0 Å². The minimum absolute atomic E-state index is 0.189. The molecule has 166 valence electrons. The SMILES string of the molecule is Cc1[nH]c(=O)c(C(=O)N2CCN(c3ccc(CN(C)C)cn3)CC2)cc1-c1ccccc1. The highest BCUT2D eigenvalue weighted by molar-refractivity contribution is 5.95. The third-order valence-corrected chi connectivity index (χ3v) is 5.75. The molecule has 7 heteroatoms. The summed E-state index contributed by atoms with van der Waals surface area (Å²) in [6, 6.07) is 15.6. The highest BCUT2D eigenvalue weighted by Crippen LogP contribution is 2.22. The van der Waals surface area contributed by atoms with Crippen molar-refractivity contribution < 1.29 is 4.79 Å². The first kappa shape index (κ1) is 21.8. The first-order valence-corrected chi connectivity index (χ1v) is 10.9. The maximum atomic E-state index is 13.2. The molecule has 3 aromatic rings. The average molecular weight is 432 g/mol. The number of aromatic nitrogens is 2. The largest absolute Gasteiger partial charge is 0.353 e. The number of nitrogens with one attached hydrogen (secondary N) is 1. The Morgan fingerprint density at radius 2 is 1.78 bits per heavy atom. The van der Waals surface area contributed by atoms with Crippen LogP contribution in [0.4, 0.5) is 5.82 Å². The van der Waals surface area contributed by atoms with E-state index in [4.69, 9.17) is 0 Å². The molecule has 1 fully saturated rings. The molecule has 1 N–H and O–H groups in total. The summed E-state index contributed by atoms with van der Waals surface area (Å²) in [6.45, 7) is 5.17. The van der Waals surface area contributed by atoms with Crippen molar-refractivity contribution in [3.05, 3.63) is 81.9 Å². The van der Waals surface area contributed by atoms with Crippen molar-refractivity contribution in [1.29, 1.82) is 0 Å². The van der Waals surface area contributed by atoms with Crippen LogP contribution in [0.3, 0.4) is 0 Å². The normalized spacial score (nSPS) is 14.1. The molecule has 1 saturated heterocycles. The van der Waals surface area contributed by atoms with Crippen LogP contribution in [0.5, 0.6) is 0 Å². The highest BCUT2D eigenvalue weighted by Gasteiger charge is 2.25. The van der Waals surface area contributed by atoms with Crippen LogP contribution in [0.25, 0.3) is 11.1 Å². The molecule has 0 atom stereocenters. The van der Waals surface area contributed by atoms with Gasteiger partial charge in [0.2, 0.25) is 0 Å². The maximum absolute atomic E-state index is 13.2. The monoisotopic (exact) mass is 431 g/mol. The van der Waals surface area contributed by atoms with Gasteiger partial charge in [-0.2, -0.15) is 0 Å². The zero-order chi connectivity index (χ0) is 22.7. The molecule has 2 aromatic heterocycles. The fraction of sp³-hybridized carbons (Fsp3) is 0.320. The van der Waals surface area contributed by atoms with Gasteiger partial charge < -0.3 is 19.7 Å². The van der Waals surface area contributed by atoms with Gasteiger partial charge in [-0.25, -0.2) is 4.98 Å². The Morgan fingerprint density at radius 1 is 1.06 bits per heavy atom. The second-order valence-electron chi connectivity index (χ2n) is 8.46. The van der Waals surface area contributed by atoms with Crippen molar-refractivity contribution in [1.82, 2.24) is 19.8 Å². The Kier molecular flexibility index (Phi) is 6.37. The Morgan fingerprint density at radius 3 is 2.41 bits per heavy atom. The zero-order valence-electron chi connectivity index (χ0n) is 18.8. The van der Waals surface area contributed by atoms with Gasteiger partial charge in [0.05, 0.1) is 0 Å². The fourth-order valence-electron chi connectivity index (χ4n) is 4.07. The first-order valence-electron chi connectivity index (χ1n) is 10.9. The molecule has 1 aliphatic rings. The van der Waals surface area contributed by atoms with Crippen LogP contribution in [0.2, 0.25) is 0 Å². The fourth-order valence-corrected chi connectivity index (χ4v) is 4.07. The molecule has 1 amide bonds. The minimum Gasteiger partial charge on any atom is -0.353 e. The summed E-state index contributed by atoms with van der Waals surface area (Å²) >= 11 is 0.